The number of nitriles is 1. The normalized spacial score (nSPS) is 14.9. The van der Waals surface area contributed by atoms with Gasteiger partial charge in [0.25, 0.3) is 0 Å². The van der Waals surface area contributed by atoms with Crippen molar-refractivity contribution in [1.29, 1.82) is 5.26 Å². The zero-order valence-electron chi connectivity index (χ0n) is 20.6. The number of benzene rings is 2. The summed E-state index contributed by atoms with van der Waals surface area (Å²) in [4.78, 5) is 29.5. The van der Waals surface area contributed by atoms with E-state index in [9.17, 15) is 9.59 Å². The number of nitrogens with two attached hydrogens (primary N) is 1. The second-order valence-corrected chi connectivity index (χ2v) is 9.88. The van der Waals surface area contributed by atoms with Crippen molar-refractivity contribution in [3.63, 3.8) is 0 Å². The molecule has 0 saturated carbocycles. The molecule has 8 heteroatoms. The number of rotatable bonds is 6. The van der Waals surface area contributed by atoms with Crippen LogP contribution < -0.4 is 5.73 Å². The number of piperidine rings is 1. The summed E-state index contributed by atoms with van der Waals surface area (Å²) in [7, 11) is 0. The number of ether oxygens (including phenoxy) is 1. The molecule has 0 unspecified atom stereocenters. The Bertz CT molecular complexity index is 1010. The second-order valence-electron chi connectivity index (χ2n) is 9.88. The third-order valence-electron chi connectivity index (χ3n) is 6.29. The Hall–Kier alpha value is -3.08. The minimum atomic E-state index is -0.561. The topological polar surface area (TPSA) is 99.7 Å². The van der Waals surface area contributed by atoms with Gasteiger partial charge in [0.2, 0.25) is 5.91 Å². The zero-order chi connectivity index (χ0) is 24.7. The van der Waals surface area contributed by atoms with Gasteiger partial charge in [-0.25, -0.2) is 4.79 Å². The van der Waals surface area contributed by atoms with Crippen molar-refractivity contribution in [1.82, 2.24) is 9.80 Å². The highest BCUT2D eigenvalue weighted by atomic mass is 35.5. The molecule has 1 saturated heterocycles. The first-order valence-corrected chi connectivity index (χ1v) is 11.7. The molecular weight excluding hydrogens is 464 g/mol. The smallest absolute Gasteiger partial charge is 0.410 e. The van der Waals surface area contributed by atoms with Crippen molar-refractivity contribution in [2.24, 2.45) is 11.1 Å². The first kappa shape index (κ1) is 28.2. The van der Waals surface area contributed by atoms with Gasteiger partial charge in [-0.05, 0) is 41.5 Å². The molecule has 7 nitrogen and oxygen atoms in total. The number of nitrogens with zero attached hydrogens (tertiary/aromatic N) is 3. The van der Waals surface area contributed by atoms with Gasteiger partial charge in [-0.3, -0.25) is 4.79 Å². The number of hydrogen-bond donors (Lipinski definition) is 1. The van der Waals surface area contributed by atoms with Gasteiger partial charge in [0.1, 0.15) is 6.61 Å². The number of carbonyl (C=O) groups excluding carboxylic acids is 2. The lowest BCUT2D eigenvalue weighted by atomic mass is 9.86. The van der Waals surface area contributed by atoms with E-state index in [0.717, 1.165) is 11.1 Å². The fraction of sp³-hybridized carbons (Fsp3) is 0.444. The Morgan fingerprint density at radius 3 is 2.23 bits per heavy atom. The van der Waals surface area contributed by atoms with Gasteiger partial charge in [0.05, 0.1) is 17.7 Å². The molecule has 0 spiro atoms. The standard InChI is InChI=1S/C27H34N4O3.ClH/c1-27(2,3)24(29)25(32)30-15-13-23(14-16-30)31(18-21-11-9-20(17-28)10-12-21)26(33)34-19-22-7-5-4-6-8-22;/h4-12,23-24H,13-16,18-19,29H2,1-3H3;1H/t24-;/m1./s1. The molecule has 0 aromatic heterocycles. The maximum atomic E-state index is 13.1. The van der Waals surface area contributed by atoms with Crippen LogP contribution >= 0.6 is 12.4 Å². The molecule has 1 heterocycles. The molecule has 1 aliphatic heterocycles. The molecule has 0 radical (unpaired) electrons. The highest BCUT2D eigenvalue weighted by molar-refractivity contribution is 5.85. The van der Waals surface area contributed by atoms with Gasteiger partial charge in [0, 0.05) is 25.7 Å². The van der Waals surface area contributed by atoms with Crippen molar-refractivity contribution in [3.8, 4) is 6.07 Å². The summed E-state index contributed by atoms with van der Waals surface area (Å²) < 4.78 is 5.65. The van der Waals surface area contributed by atoms with E-state index in [4.69, 9.17) is 15.7 Å². The van der Waals surface area contributed by atoms with Crippen molar-refractivity contribution >= 4 is 24.4 Å². The average molecular weight is 499 g/mol. The molecule has 0 aliphatic carbocycles. The van der Waals surface area contributed by atoms with Gasteiger partial charge < -0.3 is 20.3 Å². The van der Waals surface area contributed by atoms with Crippen LogP contribution in [0.25, 0.3) is 0 Å². The molecule has 35 heavy (non-hydrogen) atoms. The quantitative estimate of drug-likeness (QED) is 0.632. The van der Waals surface area contributed by atoms with E-state index in [0.29, 0.717) is 38.0 Å². The predicted octanol–water partition coefficient (Wildman–Crippen LogP) is 4.48. The number of halogens is 1. The Labute approximate surface area is 214 Å². The SMILES string of the molecule is CC(C)(C)[C@H](N)C(=O)N1CCC(N(Cc2ccc(C#N)cc2)C(=O)OCc2ccccc2)CC1.Cl. The van der Waals surface area contributed by atoms with Crippen molar-refractivity contribution in [2.75, 3.05) is 13.1 Å². The lowest BCUT2D eigenvalue weighted by Gasteiger charge is -2.40. The fourth-order valence-electron chi connectivity index (χ4n) is 3.99. The van der Waals surface area contributed by atoms with Crippen LogP contribution in [0.15, 0.2) is 54.6 Å². The highest BCUT2D eigenvalue weighted by Crippen LogP contribution is 2.24. The second kappa shape index (κ2) is 12.6. The molecule has 1 fully saturated rings. The van der Waals surface area contributed by atoms with Crippen LogP contribution in [-0.2, 0) is 22.7 Å². The van der Waals surface area contributed by atoms with E-state index >= 15 is 0 Å². The molecule has 3 rings (SSSR count). The molecule has 2 aromatic carbocycles. The van der Waals surface area contributed by atoms with Gasteiger partial charge in [-0.1, -0.05) is 63.2 Å². The minimum Gasteiger partial charge on any atom is -0.445 e. The van der Waals surface area contributed by atoms with Crippen LogP contribution in [0.1, 0.15) is 50.3 Å². The van der Waals surface area contributed by atoms with Crippen molar-refractivity contribution in [3.05, 3.63) is 71.3 Å². The summed E-state index contributed by atoms with van der Waals surface area (Å²) in [6.07, 6.45) is 0.919. The van der Waals surface area contributed by atoms with Crippen molar-refractivity contribution in [2.45, 2.75) is 58.8 Å². The highest BCUT2D eigenvalue weighted by Gasteiger charge is 2.35. The Morgan fingerprint density at radius 1 is 1.09 bits per heavy atom. The third-order valence-corrected chi connectivity index (χ3v) is 6.29. The van der Waals surface area contributed by atoms with Crippen LogP contribution in [0.5, 0.6) is 0 Å². The Balaban J connectivity index is 0.00000432. The zero-order valence-corrected chi connectivity index (χ0v) is 21.5. The predicted molar refractivity (Wildman–Crippen MR) is 138 cm³/mol. The minimum absolute atomic E-state index is 0. The number of amides is 2. The number of likely N-dealkylation sites (tertiary alicyclic amines) is 1. The van der Waals surface area contributed by atoms with Crippen LogP contribution in [0.3, 0.4) is 0 Å². The monoisotopic (exact) mass is 498 g/mol. The van der Waals surface area contributed by atoms with Gasteiger partial charge in [-0.15, -0.1) is 12.4 Å². The molecular formula is C27H35ClN4O3. The van der Waals surface area contributed by atoms with Crippen LogP contribution in [0, 0.1) is 16.7 Å². The number of carbonyl (C=O) groups is 2. The molecule has 2 N–H and O–H groups in total. The van der Waals surface area contributed by atoms with Gasteiger partial charge in [0.15, 0.2) is 0 Å². The molecule has 0 bridgehead atoms. The molecule has 1 aliphatic rings. The maximum Gasteiger partial charge on any atom is 0.410 e. The van der Waals surface area contributed by atoms with E-state index in [1.165, 1.54) is 0 Å². The fourth-order valence-corrected chi connectivity index (χ4v) is 3.99. The van der Waals surface area contributed by atoms with Crippen LogP contribution in [0.2, 0.25) is 0 Å². The van der Waals surface area contributed by atoms with Gasteiger partial charge in [-0.2, -0.15) is 5.26 Å². The molecule has 1 atom stereocenters. The maximum absolute atomic E-state index is 13.1. The summed E-state index contributed by atoms with van der Waals surface area (Å²) in [5.74, 6) is -0.0451. The lowest BCUT2D eigenvalue weighted by Crippen LogP contribution is -2.54. The lowest BCUT2D eigenvalue weighted by molar-refractivity contribution is -0.136. The van der Waals surface area contributed by atoms with E-state index in [-0.39, 0.29) is 42.5 Å². The average Bonchev–Trinajstić information content (AvgIpc) is 2.85. The van der Waals surface area contributed by atoms with Crippen molar-refractivity contribution < 1.29 is 14.3 Å². The summed E-state index contributed by atoms with van der Waals surface area (Å²) in [6.45, 7) is 7.55. The molecule has 2 amide bonds. The number of hydrogen-bond acceptors (Lipinski definition) is 5. The largest absolute Gasteiger partial charge is 0.445 e. The summed E-state index contributed by atoms with van der Waals surface area (Å²) in [6, 6.07) is 18.3. The first-order chi connectivity index (χ1) is 16.2. The van der Waals surface area contributed by atoms with Crippen LogP contribution in [-0.4, -0.2) is 47.0 Å². The van der Waals surface area contributed by atoms with E-state index in [2.05, 4.69) is 6.07 Å². The summed E-state index contributed by atoms with van der Waals surface area (Å²) in [5, 5.41) is 9.06. The van der Waals surface area contributed by atoms with E-state index in [1.54, 1.807) is 17.0 Å². The Morgan fingerprint density at radius 2 is 1.69 bits per heavy atom. The van der Waals surface area contributed by atoms with Crippen LogP contribution in [0.4, 0.5) is 4.79 Å². The molecule has 188 valence electrons. The molecule has 2 aromatic rings. The van der Waals surface area contributed by atoms with E-state index in [1.807, 2.05) is 68.1 Å². The van der Waals surface area contributed by atoms with Gasteiger partial charge >= 0.3 is 6.09 Å². The first-order valence-electron chi connectivity index (χ1n) is 11.7. The summed E-state index contributed by atoms with van der Waals surface area (Å²) in [5.41, 5.74) is 8.30. The third kappa shape index (κ3) is 7.71. The van der Waals surface area contributed by atoms with E-state index < -0.39 is 6.04 Å². The Kier molecular flexibility index (Phi) is 10.1. The summed E-state index contributed by atoms with van der Waals surface area (Å²) >= 11 is 0.